The third kappa shape index (κ3) is 3.51. The molecule has 0 bridgehead atoms. The molecule has 0 heterocycles. The second-order valence-corrected chi connectivity index (χ2v) is 4.21. The van der Waals surface area contributed by atoms with Crippen LogP contribution < -0.4 is 5.32 Å². The molecule has 0 unspecified atom stereocenters. The summed E-state index contributed by atoms with van der Waals surface area (Å²) in [6.45, 7) is 6.16. The highest BCUT2D eigenvalue weighted by Gasteiger charge is 2.07. The molecule has 0 spiro atoms. The topological polar surface area (TPSA) is 29.1 Å². The molecule has 0 aliphatic rings. The van der Waals surface area contributed by atoms with Crippen LogP contribution >= 0.6 is 15.9 Å². The standard InChI is InChI=1S/C12H14BrNO/c1-3-4-7-14-12(15)11-6-5-10(13)8-9(11)2/h3,5-6,8H,1,4,7H2,2H3,(H,14,15). The molecule has 0 aromatic heterocycles. The Kier molecular flexibility index (Phi) is 4.56. The van der Waals surface area contributed by atoms with Gasteiger partial charge in [-0.2, -0.15) is 0 Å². The van der Waals surface area contributed by atoms with Crippen molar-refractivity contribution in [2.24, 2.45) is 0 Å². The van der Waals surface area contributed by atoms with Gasteiger partial charge in [0.15, 0.2) is 0 Å². The van der Waals surface area contributed by atoms with Gasteiger partial charge in [-0.1, -0.05) is 22.0 Å². The summed E-state index contributed by atoms with van der Waals surface area (Å²) in [5, 5.41) is 2.83. The van der Waals surface area contributed by atoms with Gasteiger partial charge >= 0.3 is 0 Å². The monoisotopic (exact) mass is 267 g/mol. The molecule has 15 heavy (non-hydrogen) atoms. The van der Waals surface area contributed by atoms with E-state index in [4.69, 9.17) is 0 Å². The van der Waals surface area contributed by atoms with Crippen molar-refractivity contribution in [3.05, 3.63) is 46.5 Å². The number of carbonyl (C=O) groups is 1. The Labute approximate surface area is 98.5 Å². The Bertz CT molecular complexity index is 374. The van der Waals surface area contributed by atoms with Crippen LogP contribution in [0.3, 0.4) is 0 Å². The van der Waals surface area contributed by atoms with Crippen LogP contribution in [0.5, 0.6) is 0 Å². The first-order valence-corrected chi connectivity index (χ1v) is 5.59. The molecular weight excluding hydrogens is 254 g/mol. The minimum atomic E-state index is -0.0261. The Morgan fingerprint density at radius 2 is 2.33 bits per heavy atom. The molecule has 0 saturated heterocycles. The van der Waals surface area contributed by atoms with E-state index in [1.54, 1.807) is 6.08 Å². The highest BCUT2D eigenvalue weighted by molar-refractivity contribution is 9.10. The zero-order chi connectivity index (χ0) is 11.3. The lowest BCUT2D eigenvalue weighted by Crippen LogP contribution is -2.24. The largest absolute Gasteiger partial charge is 0.352 e. The van der Waals surface area contributed by atoms with Crippen LogP contribution in [0.25, 0.3) is 0 Å². The van der Waals surface area contributed by atoms with E-state index in [0.29, 0.717) is 6.54 Å². The van der Waals surface area contributed by atoms with E-state index in [1.165, 1.54) is 0 Å². The summed E-state index contributed by atoms with van der Waals surface area (Å²) in [5.74, 6) is -0.0261. The first kappa shape index (κ1) is 12.0. The van der Waals surface area contributed by atoms with Gasteiger partial charge in [-0.25, -0.2) is 0 Å². The van der Waals surface area contributed by atoms with Crippen molar-refractivity contribution in [1.82, 2.24) is 5.32 Å². The van der Waals surface area contributed by atoms with E-state index in [2.05, 4.69) is 27.8 Å². The second-order valence-electron chi connectivity index (χ2n) is 3.29. The number of halogens is 1. The van der Waals surface area contributed by atoms with Crippen molar-refractivity contribution in [2.45, 2.75) is 13.3 Å². The summed E-state index contributed by atoms with van der Waals surface area (Å²) in [6.07, 6.45) is 2.58. The molecular formula is C12H14BrNO. The average Bonchev–Trinajstić information content (AvgIpc) is 2.17. The summed E-state index contributed by atoms with van der Waals surface area (Å²) in [4.78, 5) is 11.7. The van der Waals surface area contributed by atoms with Crippen molar-refractivity contribution >= 4 is 21.8 Å². The van der Waals surface area contributed by atoms with Gasteiger partial charge in [-0.15, -0.1) is 6.58 Å². The first-order chi connectivity index (χ1) is 7.15. The van der Waals surface area contributed by atoms with Gasteiger partial charge in [0.05, 0.1) is 0 Å². The summed E-state index contributed by atoms with van der Waals surface area (Å²) < 4.78 is 0.989. The fourth-order valence-corrected chi connectivity index (χ4v) is 1.74. The second kappa shape index (κ2) is 5.71. The molecule has 1 aromatic carbocycles. The predicted molar refractivity (Wildman–Crippen MR) is 66.0 cm³/mol. The summed E-state index contributed by atoms with van der Waals surface area (Å²) in [5.41, 5.74) is 1.70. The molecule has 0 aliphatic carbocycles. The minimum absolute atomic E-state index is 0.0261. The number of carbonyl (C=O) groups excluding carboxylic acids is 1. The van der Waals surface area contributed by atoms with Crippen LogP contribution in [0.4, 0.5) is 0 Å². The fraction of sp³-hybridized carbons (Fsp3) is 0.250. The number of rotatable bonds is 4. The van der Waals surface area contributed by atoms with Crippen LogP contribution in [0.1, 0.15) is 22.3 Å². The maximum atomic E-state index is 11.7. The van der Waals surface area contributed by atoms with Gasteiger partial charge < -0.3 is 5.32 Å². The van der Waals surface area contributed by atoms with Crippen LogP contribution in [0.2, 0.25) is 0 Å². The molecule has 0 aliphatic heterocycles. The van der Waals surface area contributed by atoms with E-state index < -0.39 is 0 Å². The molecule has 2 nitrogen and oxygen atoms in total. The van der Waals surface area contributed by atoms with Gasteiger partial charge in [0.2, 0.25) is 0 Å². The van der Waals surface area contributed by atoms with Crippen LogP contribution in [-0.4, -0.2) is 12.5 Å². The lowest BCUT2D eigenvalue weighted by atomic mass is 10.1. The molecule has 1 aromatic rings. The molecule has 0 radical (unpaired) electrons. The van der Waals surface area contributed by atoms with Gasteiger partial charge in [0.25, 0.3) is 5.91 Å². The van der Waals surface area contributed by atoms with Crippen molar-refractivity contribution in [3.8, 4) is 0 Å². The van der Waals surface area contributed by atoms with E-state index in [0.717, 1.165) is 22.0 Å². The molecule has 1 rings (SSSR count). The minimum Gasteiger partial charge on any atom is -0.352 e. The normalized spacial score (nSPS) is 9.73. The Morgan fingerprint density at radius 3 is 2.93 bits per heavy atom. The highest BCUT2D eigenvalue weighted by atomic mass is 79.9. The number of benzene rings is 1. The third-order valence-corrected chi connectivity index (χ3v) is 2.56. The summed E-state index contributed by atoms with van der Waals surface area (Å²) in [7, 11) is 0. The van der Waals surface area contributed by atoms with Crippen LogP contribution in [0, 0.1) is 6.92 Å². The Morgan fingerprint density at radius 1 is 1.60 bits per heavy atom. The quantitative estimate of drug-likeness (QED) is 0.660. The van der Waals surface area contributed by atoms with Gasteiger partial charge in [0, 0.05) is 16.6 Å². The molecule has 1 N–H and O–H groups in total. The van der Waals surface area contributed by atoms with Crippen molar-refractivity contribution < 1.29 is 4.79 Å². The maximum absolute atomic E-state index is 11.7. The first-order valence-electron chi connectivity index (χ1n) is 4.80. The summed E-state index contributed by atoms with van der Waals surface area (Å²) >= 11 is 3.36. The predicted octanol–water partition coefficient (Wildman–Crippen LogP) is 3.06. The molecule has 0 fully saturated rings. The van der Waals surface area contributed by atoms with Crippen molar-refractivity contribution in [2.75, 3.05) is 6.54 Å². The Hall–Kier alpha value is -1.09. The van der Waals surface area contributed by atoms with E-state index in [9.17, 15) is 4.79 Å². The van der Waals surface area contributed by atoms with E-state index in [-0.39, 0.29) is 5.91 Å². The molecule has 0 atom stereocenters. The molecule has 1 amide bonds. The van der Waals surface area contributed by atoms with Gasteiger partial charge in [0.1, 0.15) is 0 Å². The van der Waals surface area contributed by atoms with Crippen molar-refractivity contribution in [1.29, 1.82) is 0 Å². The van der Waals surface area contributed by atoms with Crippen molar-refractivity contribution in [3.63, 3.8) is 0 Å². The average molecular weight is 268 g/mol. The SMILES string of the molecule is C=CCCNC(=O)c1ccc(Br)cc1C. The molecule has 3 heteroatoms. The number of hydrogen-bond donors (Lipinski definition) is 1. The third-order valence-electron chi connectivity index (χ3n) is 2.07. The van der Waals surface area contributed by atoms with Gasteiger partial charge in [-0.3, -0.25) is 4.79 Å². The van der Waals surface area contributed by atoms with E-state index in [1.807, 2.05) is 25.1 Å². The number of amides is 1. The number of nitrogens with one attached hydrogen (secondary N) is 1. The molecule has 80 valence electrons. The highest BCUT2D eigenvalue weighted by Crippen LogP contribution is 2.15. The van der Waals surface area contributed by atoms with E-state index >= 15 is 0 Å². The fourth-order valence-electron chi connectivity index (χ4n) is 1.26. The summed E-state index contributed by atoms with van der Waals surface area (Å²) in [6, 6.07) is 5.63. The smallest absolute Gasteiger partial charge is 0.251 e. The number of aryl methyl sites for hydroxylation is 1. The number of hydrogen-bond acceptors (Lipinski definition) is 1. The molecule has 0 saturated carbocycles. The zero-order valence-electron chi connectivity index (χ0n) is 8.72. The van der Waals surface area contributed by atoms with Gasteiger partial charge in [-0.05, 0) is 37.1 Å². The zero-order valence-corrected chi connectivity index (χ0v) is 10.3. The maximum Gasteiger partial charge on any atom is 0.251 e. The van der Waals surface area contributed by atoms with Crippen LogP contribution in [-0.2, 0) is 0 Å². The van der Waals surface area contributed by atoms with Crippen LogP contribution in [0.15, 0.2) is 35.3 Å². The lowest BCUT2D eigenvalue weighted by Gasteiger charge is -2.06. The Balaban J connectivity index is 2.69. The lowest BCUT2D eigenvalue weighted by molar-refractivity contribution is 0.0954.